The summed E-state index contributed by atoms with van der Waals surface area (Å²) < 4.78 is 0. The van der Waals surface area contributed by atoms with E-state index in [0.717, 1.165) is 22.3 Å². The molecule has 2 aromatic carbocycles. The summed E-state index contributed by atoms with van der Waals surface area (Å²) in [7, 11) is 4.04. The van der Waals surface area contributed by atoms with E-state index in [4.69, 9.17) is 0 Å². The van der Waals surface area contributed by atoms with E-state index in [1.54, 1.807) is 6.21 Å². The van der Waals surface area contributed by atoms with Crippen LogP contribution in [-0.2, 0) is 0 Å². The van der Waals surface area contributed by atoms with Gasteiger partial charge in [-0.3, -0.25) is 0 Å². The molecule has 1 heterocycles. The molecule has 0 spiro atoms. The van der Waals surface area contributed by atoms with Gasteiger partial charge in [0.15, 0.2) is 0 Å². The fourth-order valence-electron chi connectivity index (χ4n) is 2.03. The molecule has 0 saturated heterocycles. The van der Waals surface area contributed by atoms with Crippen molar-refractivity contribution in [1.29, 1.82) is 0 Å². The number of hydrogen-bond donors (Lipinski definition) is 2. The number of H-pyrrole nitrogens is 1. The van der Waals surface area contributed by atoms with E-state index in [0.29, 0.717) is 5.95 Å². The summed E-state index contributed by atoms with van der Waals surface area (Å²) in [4.78, 5) is 9.62. The molecular formula is C16H17N5. The molecule has 0 atom stereocenters. The number of para-hydroxylation sites is 2. The number of imidazole rings is 1. The second-order valence-corrected chi connectivity index (χ2v) is 4.96. The highest BCUT2D eigenvalue weighted by molar-refractivity contribution is 5.81. The summed E-state index contributed by atoms with van der Waals surface area (Å²) in [5.41, 5.74) is 7.02. The molecule has 0 fully saturated rings. The standard InChI is InChI=1S/C16H17N5/c1-21(2)13-9-7-12(8-10-13)11-17-20-16-18-14-5-3-4-6-15(14)19-16/h3-11H,1-2H3,(H2,18,19,20)/b17-11-. The summed E-state index contributed by atoms with van der Waals surface area (Å²) >= 11 is 0. The SMILES string of the molecule is CN(C)c1ccc(/C=N\Nc2nc3ccccc3[nH]2)cc1. The van der Waals surface area contributed by atoms with Crippen LogP contribution in [0.25, 0.3) is 11.0 Å². The quantitative estimate of drug-likeness (QED) is 0.570. The van der Waals surface area contributed by atoms with Crippen molar-refractivity contribution in [2.45, 2.75) is 0 Å². The van der Waals surface area contributed by atoms with Crippen LogP contribution < -0.4 is 10.3 Å². The first kappa shape index (κ1) is 13.2. The van der Waals surface area contributed by atoms with Gasteiger partial charge in [0.1, 0.15) is 0 Å². The van der Waals surface area contributed by atoms with Gasteiger partial charge in [0.2, 0.25) is 5.95 Å². The molecule has 0 aliphatic heterocycles. The number of benzene rings is 2. The summed E-state index contributed by atoms with van der Waals surface area (Å²) in [5, 5.41) is 4.20. The minimum atomic E-state index is 0.636. The van der Waals surface area contributed by atoms with E-state index in [9.17, 15) is 0 Å². The number of aromatic amines is 1. The maximum Gasteiger partial charge on any atom is 0.222 e. The van der Waals surface area contributed by atoms with Gasteiger partial charge < -0.3 is 9.88 Å². The van der Waals surface area contributed by atoms with Gasteiger partial charge in [-0.2, -0.15) is 5.10 Å². The van der Waals surface area contributed by atoms with Crippen LogP contribution in [0.3, 0.4) is 0 Å². The summed E-state index contributed by atoms with van der Waals surface area (Å²) in [5.74, 6) is 0.636. The van der Waals surface area contributed by atoms with Crippen molar-refractivity contribution in [3.05, 3.63) is 54.1 Å². The molecule has 0 aliphatic carbocycles. The molecule has 0 saturated carbocycles. The van der Waals surface area contributed by atoms with Crippen molar-refractivity contribution >= 4 is 28.9 Å². The zero-order valence-electron chi connectivity index (χ0n) is 12.0. The first-order valence-electron chi connectivity index (χ1n) is 6.73. The Kier molecular flexibility index (Phi) is 3.55. The molecule has 1 aromatic heterocycles. The number of aromatic nitrogens is 2. The number of fused-ring (bicyclic) bond motifs is 1. The molecule has 0 bridgehead atoms. The molecule has 21 heavy (non-hydrogen) atoms. The Morgan fingerprint density at radius 3 is 2.57 bits per heavy atom. The summed E-state index contributed by atoms with van der Waals surface area (Å²) in [6, 6.07) is 16.0. The molecule has 2 N–H and O–H groups in total. The van der Waals surface area contributed by atoms with E-state index >= 15 is 0 Å². The summed E-state index contributed by atoms with van der Waals surface area (Å²) in [6.45, 7) is 0. The van der Waals surface area contributed by atoms with Gasteiger partial charge in [-0.05, 0) is 29.8 Å². The second-order valence-electron chi connectivity index (χ2n) is 4.96. The lowest BCUT2D eigenvalue weighted by Crippen LogP contribution is -2.08. The van der Waals surface area contributed by atoms with Crippen molar-refractivity contribution in [2.24, 2.45) is 5.10 Å². The predicted octanol–water partition coefficient (Wildman–Crippen LogP) is 3.07. The minimum Gasteiger partial charge on any atom is -0.378 e. The van der Waals surface area contributed by atoms with Crippen LogP contribution in [0.4, 0.5) is 11.6 Å². The van der Waals surface area contributed by atoms with E-state index in [-0.39, 0.29) is 0 Å². The minimum absolute atomic E-state index is 0.636. The summed E-state index contributed by atoms with van der Waals surface area (Å²) in [6.07, 6.45) is 1.77. The zero-order valence-corrected chi connectivity index (χ0v) is 12.0. The Labute approximate surface area is 123 Å². The van der Waals surface area contributed by atoms with Crippen LogP contribution in [0.1, 0.15) is 5.56 Å². The molecule has 0 amide bonds. The first-order valence-corrected chi connectivity index (χ1v) is 6.73. The second kappa shape index (κ2) is 5.66. The van der Waals surface area contributed by atoms with Gasteiger partial charge in [-0.25, -0.2) is 10.4 Å². The number of nitrogens with one attached hydrogen (secondary N) is 2. The maximum absolute atomic E-state index is 4.39. The lowest BCUT2D eigenvalue weighted by atomic mass is 10.2. The van der Waals surface area contributed by atoms with E-state index in [1.807, 2.05) is 50.5 Å². The molecular weight excluding hydrogens is 262 g/mol. The third-order valence-electron chi connectivity index (χ3n) is 3.18. The Morgan fingerprint density at radius 1 is 1.10 bits per heavy atom. The van der Waals surface area contributed by atoms with Crippen LogP contribution in [0.5, 0.6) is 0 Å². The van der Waals surface area contributed by atoms with Crippen molar-refractivity contribution in [2.75, 3.05) is 24.4 Å². The zero-order chi connectivity index (χ0) is 14.7. The van der Waals surface area contributed by atoms with Crippen molar-refractivity contribution < 1.29 is 0 Å². The van der Waals surface area contributed by atoms with E-state index < -0.39 is 0 Å². The van der Waals surface area contributed by atoms with Crippen LogP contribution in [0, 0.1) is 0 Å². The number of anilines is 2. The van der Waals surface area contributed by atoms with Crippen LogP contribution in [0.15, 0.2) is 53.6 Å². The Hall–Kier alpha value is -2.82. The molecule has 3 aromatic rings. The molecule has 5 heteroatoms. The van der Waals surface area contributed by atoms with Crippen LogP contribution in [0.2, 0.25) is 0 Å². The Bertz CT molecular complexity index is 723. The fraction of sp³-hybridized carbons (Fsp3) is 0.125. The number of hydrazone groups is 1. The number of rotatable bonds is 4. The lowest BCUT2D eigenvalue weighted by Gasteiger charge is -2.11. The van der Waals surface area contributed by atoms with Gasteiger partial charge in [0.05, 0.1) is 17.2 Å². The van der Waals surface area contributed by atoms with Crippen molar-refractivity contribution in [1.82, 2.24) is 9.97 Å². The van der Waals surface area contributed by atoms with Crippen LogP contribution in [-0.4, -0.2) is 30.3 Å². The average molecular weight is 279 g/mol. The normalized spacial score (nSPS) is 11.1. The average Bonchev–Trinajstić information content (AvgIpc) is 2.90. The first-order chi connectivity index (χ1) is 10.2. The smallest absolute Gasteiger partial charge is 0.222 e. The molecule has 0 radical (unpaired) electrons. The van der Waals surface area contributed by atoms with Crippen molar-refractivity contribution in [3.8, 4) is 0 Å². The highest BCUT2D eigenvalue weighted by Crippen LogP contribution is 2.13. The fourth-order valence-corrected chi connectivity index (χ4v) is 2.03. The third-order valence-corrected chi connectivity index (χ3v) is 3.18. The van der Waals surface area contributed by atoms with Gasteiger partial charge >= 0.3 is 0 Å². The van der Waals surface area contributed by atoms with Gasteiger partial charge in [-0.15, -0.1) is 0 Å². The highest BCUT2D eigenvalue weighted by Gasteiger charge is 1.99. The topological polar surface area (TPSA) is 56.3 Å². The Balaban J connectivity index is 1.68. The van der Waals surface area contributed by atoms with Crippen LogP contribution >= 0.6 is 0 Å². The number of hydrogen-bond acceptors (Lipinski definition) is 4. The monoisotopic (exact) mass is 279 g/mol. The van der Waals surface area contributed by atoms with Gasteiger partial charge in [-0.1, -0.05) is 24.3 Å². The van der Waals surface area contributed by atoms with E-state index in [2.05, 4.69) is 37.5 Å². The van der Waals surface area contributed by atoms with Gasteiger partial charge in [0.25, 0.3) is 0 Å². The molecule has 3 rings (SSSR count). The lowest BCUT2D eigenvalue weighted by molar-refractivity contribution is 1.13. The molecule has 5 nitrogen and oxygen atoms in total. The number of nitrogens with zero attached hydrogens (tertiary/aromatic N) is 3. The molecule has 0 aliphatic rings. The van der Waals surface area contributed by atoms with Crippen molar-refractivity contribution in [3.63, 3.8) is 0 Å². The third kappa shape index (κ3) is 3.02. The largest absolute Gasteiger partial charge is 0.378 e. The van der Waals surface area contributed by atoms with E-state index in [1.165, 1.54) is 0 Å². The predicted molar refractivity (Wildman–Crippen MR) is 88.1 cm³/mol. The molecule has 106 valence electrons. The molecule has 0 unspecified atom stereocenters. The van der Waals surface area contributed by atoms with Gasteiger partial charge in [0, 0.05) is 19.8 Å². The highest BCUT2D eigenvalue weighted by atomic mass is 15.3. The maximum atomic E-state index is 4.39. The Morgan fingerprint density at radius 2 is 1.86 bits per heavy atom.